The molecular formula is C19H18ClN5OS. The first kappa shape index (κ1) is 16.9. The smallest absolute Gasteiger partial charge is 0.213 e. The molecule has 0 spiro atoms. The van der Waals surface area contributed by atoms with E-state index >= 15 is 0 Å². The van der Waals surface area contributed by atoms with Crippen LogP contribution >= 0.6 is 22.9 Å². The highest BCUT2D eigenvalue weighted by molar-refractivity contribution is 7.13. The van der Waals surface area contributed by atoms with Crippen molar-refractivity contribution in [1.82, 2.24) is 19.6 Å². The second-order valence-electron chi connectivity index (χ2n) is 6.90. The maximum absolute atomic E-state index is 6.23. The minimum atomic E-state index is 0.127. The molecule has 0 N–H and O–H groups in total. The van der Waals surface area contributed by atoms with E-state index in [1.54, 1.807) is 11.3 Å². The molecule has 4 aromatic rings. The Bertz CT molecular complexity index is 1120. The van der Waals surface area contributed by atoms with Gasteiger partial charge in [-0.3, -0.25) is 0 Å². The monoisotopic (exact) mass is 399 g/mol. The molecule has 6 nitrogen and oxygen atoms in total. The Morgan fingerprint density at radius 1 is 1.15 bits per heavy atom. The van der Waals surface area contributed by atoms with Gasteiger partial charge in [0.15, 0.2) is 11.5 Å². The van der Waals surface area contributed by atoms with Crippen LogP contribution in [0.15, 0.2) is 35.7 Å². The molecule has 1 aliphatic rings. The van der Waals surface area contributed by atoms with Crippen molar-refractivity contribution < 1.29 is 4.74 Å². The molecule has 8 heteroatoms. The highest BCUT2D eigenvalue weighted by atomic mass is 35.5. The summed E-state index contributed by atoms with van der Waals surface area (Å²) < 4.78 is 7.97. The number of thiophene rings is 1. The Kier molecular flexibility index (Phi) is 4.03. The summed E-state index contributed by atoms with van der Waals surface area (Å²) >= 11 is 7.87. The van der Waals surface area contributed by atoms with Gasteiger partial charge in [0.25, 0.3) is 0 Å². The average Bonchev–Trinajstić information content (AvgIpc) is 3.29. The van der Waals surface area contributed by atoms with Crippen LogP contribution in [0.4, 0.5) is 5.95 Å². The van der Waals surface area contributed by atoms with Crippen LogP contribution in [0, 0.1) is 0 Å². The largest absolute Gasteiger partial charge is 0.372 e. The second-order valence-corrected chi connectivity index (χ2v) is 8.28. The van der Waals surface area contributed by atoms with Crippen LogP contribution in [-0.4, -0.2) is 44.9 Å². The average molecular weight is 400 g/mol. The summed E-state index contributed by atoms with van der Waals surface area (Å²) in [5.74, 6) is 1.64. The molecule has 2 unspecified atom stereocenters. The summed E-state index contributed by atoms with van der Waals surface area (Å²) in [5, 5.41) is 12.6. The molecule has 1 aliphatic heterocycles. The number of aromatic nitrogens is 4. The number of morpholine rings is 1. The van der Waals surface area contributed by atoms with Crippen LogP contribution in [0.25, 0.3) is 27.3 Å². The number of halogens is 1. The molecule has 2 atom stereocenters. The van der Waals surface area contributed by atoms with E-state index < -0.39 is 0 Å². The van der Waals surface area contributed by atoms with Gasteiger partial charge < -0.3 is 9.64 Å². The maximum atomic E-state index is 6.23. The third-order valence-electron chi connectivity index (χ3n) is 4.73. The summed E-state index contributed by atoms with van der Waals surface area (Å²) in [7, 11) is 0. The number of benzene rings is 1. The zero-order valence-electron chi connectivity index (χ0n) is 15.0. The van der Waals surface area contributed by atoms with Crippen molar-refractivity contribution in [3.63, 3.8) is 0 Å². The Morgan fingerprint density at radius 3 is 2.70 bits per heavy atom. The summed E-state index contributed by atoms with van der Waals surface area (Å²) in [6.07, 6.45) is 0.254. The van der Waals surface area contributed by atoms with E-state index in [4.69, 9.17) is 21.3 Å². The molecule has 0 bridgehead atoms. The van der Waals surface area contributed by atoms with Crippen LogP contribution in [0.5, 0.6) is 0 Å². The molecule has 1 fully saturated rings. The van der Waals surface area contributed by atoms with E-state index in [0.717, 1.165) is 46.3 Å². The number of hydrogen-bond acceptors (Lipinski definition) is 6. The van der Waals surface area contributed by atoms with Crippen molar-refractivity contribution in [3.05, 3.63) is 40.7 Å². The lowest BCUT2D eigenvalue weighted by Crippen LogP contribution is -2.46. The number of fused-ring (bicyclic) bond motifs is 3. The number of nitrogens with zero attached hydrogens (tertiary/aromatic N) is 5. The van der Waals surface area contributed by atoms with Gasteiger partial charge in [-0.2, -0.15) is 0 Å². The van der Waals surface area contributed by atoms with Gasteiger partial charge >= 0.3 is 0 Å². The van der Waals surface area contributed by atoms with Gasteiger partial charge in [0.05, 0.1) is 22.6 Å². The van der Waals surface area contributed by atoms with E-state index in [2.05, 4.69) is 39.4 Å². The minimum Gasteiger partial charge on any atom is -0.372 e. The summed E-state index contributed by atoms with van der Waals surface area (Å²) in [6, 6.07) is 9.79. The fraction of sp³-hybridized carbons (Fsp3) is 0.316. The standard InChI is InChI=1S/C19H18ClN5OS/c1-11-9-24(10-12(2)26-11)19-21-15-8-13(20)5-6-14(15)17-22-23-18(25(17)19)16-4-3-7-27-16/h3-8,11-12H,9-10H2,1-2H3. The SMILES string of the molecule is CC1CN(c2nc3cc(Cl)ccc3c3nnc(-c4cccs4)n23)CC(C)O1. The normalized spacial score (nSPS) is 20.6. The fourth-order valence-electron chi connectivity index (χ4n) is 3.71. The highest BCUT2D eigenvalue weighted by Crippen LogP contribution is 2.32. The third-order valence-corrected chi connectivity index (χ3v) is 5.83. The molecule has 5 rings (SSSR count). The molecular weight excluding hydrogens is 382 g/mol. The minimum absolute atomic E-state index is 0.127. The van der Waals surface area contributed by atoms with Crippen molar-refractivity contribution in [1.29, 1.82) is 0 Å². The molecule has 0 radical (unpaired) electrons. The summed E-state index contributed by atoms with van der Waals surface area (Å²) in [5.41, 5.74) is 1.61. The first-order chi connectivity index (χ1) is 13.1. The molecule has 1 saturated heterocycles. The number of rotatable bonds is 2. The summed E-state index contributed by atoms with van der Waals surface area (Å²) in [6.45, 7) is 5.70. The lowest BCUT2D eigenvalue weighted by atomic mass is 10.2. The maximum Gasteiger partial charge on any atom is 0.213 e. The first-order valence-electron chi connectivity index (χ1n) is 8.89. The number of hydrogen-bond donors (Lipinski definition) is 0. The van der Waals surface area contributed by atoms with Gasteiger partial charge in [0.1, 0.15) is 0 Å². The van der Waals surface area contributed by atoms with Gasteiger partial charge in [-0.25, -0.2) is 9.38 Å². The summed E-state index contributed by atoms with van der Waals surface area (Å²) in [4.78, 5) is 8.29. The number of ether oxygens (including phenoxy) is 1. The van der Waals surface area contributed by atoms with Crippen LogP contribution in [0.3, 0.4) is 0 Å². The highest BCUT2D eigenvalue weighted by Gasteiger charge is 2.27. The van der Waals surface area contributed by atoms with Crippen molar-refractivity contribution in [2.45, 2.75) is 26.1 Å². The van der Waals surface area contributed by atoms with E-state index in [1.165, 1.54) is 0 Å². The zero-order valence-corrected chi connectivity index (χ0v) is 16.5. The van der Waals surface area contributed by atoms with E-state index in [0.29, 0.717) is 5.02 Å². The van der Waals surface area contributed by atoms with Crippen molar-refractivity contribution in [2.75, 3.05) is 18.0 Å². The van der Waals surface area contributed by atoms with Crippen LogP contribution in [-0.2, 0) is 4.74 Å². The molecule has 4 heterocycles. The van der Waals surface area contributed by atoms with Crippen LogP contribution in [0.2, 0.25) is 5.02 Å². The quantitative estimate of drug-likeness (QED) is 0.503. The molecule has 0 amide bonds. The predicted molar refractivity (Wildman–Crippen MR) is 109 cm³/mol. The van der Waals surface area contributed by atoms with Gasteiger partial charge in [-0.05, 0) is 43.5 Å². The Balaban J connectivity index is 1.81. The molecule has 27 heavy (non-hydrogen) atoms. The van der Waals surface area contributed by atoms with E-state index in [9.17, 15) is 0 Å². The first-order valence-corrected chi connectivity index (χ1v) is 10.1. The second kappa shape index (κ2) is 6.44. The fourth-order valence-corrected chi connectivity index (χ4v) is 4.58. The van der Waals surface area contributed by atoms with Crippen molar-refractivity contribution in [3.8, 4) is 10.7 Å². The molecule has 0 aliphatic carbocycles. The van der Waals surface area contributed by atoms with Crippen molar-refractivity contribution >= 4 is 45.4 Å². The molecule has 1 aromatic carbocycles. The lowest BCUT2D eigenvalue weighted by molar-refractivity contribution is -0.00576. The van der Waals surface area contributed by atoms with Gasteiger partial charge in [0, 0.05) is 23.5 Å². The van der Waals surface area contributed by atoms with Gasteiger partial charge in [0.2, 0.25) is 5.95 Å². The van der Waals surface area contributed by atoms with E-state index in [-0.39, 0.29) is 12.2 Å². The third kappa shape index (κ3) is 2.86. The Labute approximate surface area is 165 Å². The van der Waals surface area contributed by atoms with E-state index in [1.807, 2.05) is 29.6 Å². The van der Waals surface area contributed by atoms with Crippen LogP contribution < -0.4 is 4.90 Å². The topological polar surface area (TPSA) is 55.6 Å². The Morgan fingerprint density at radius 2 is 1.96 bits per heavy atom. The number of anilines is 1. The van der Waals surface area contributed by atoms with Crippen molar-refractivity contribution in [2.24, 2.45) is 0 Å². The molecule has 3 aromatic heterocycles. The van der Waals surface area contributed by atoms with Gasteiger partial charge in [-0.1, -0.05) is 17.7 Å². The Hall–Kier alpha value is -2.22. The van der Waals surface area contributed by atoms with Gasteiger partial charge in [-0.15, -0.1) is 21.5 Å². The van der Waals surface area contributed by atoms with Crippen LogP contribution in [0.1, 0.15) is 13.8 Å². The zero-order chi connectivity index (χ0) is 18.5. The predicted octanol–water partition coefficient (Wildman–Crippen LogP) is 4.27. The molecule has 0 saturated carbocycles. The molecule has 138 valence electrons. The lowest BCUT2D eigenvalue weighted by Gasteiger charge is -2.36.